The number of fused-ring (bicyclic) bond motifs is 1. The molecule has 2 aromatic rings. The molecule has 2 heteroatoms. The van der Waals surface area contributed by atoms with Gasteiger partial charge in [0.05, 0.1) is 6.26 Å². The summed E-state index contributed by atoms with van der Waals surface area (Å²) < 4.78 is 5.46. The summed E-state index contributed by atoms with van der Waals surface area (Å²) in [5.41, 5.74) is 3.87. The van der Waals surface area contributed by atoms with E-state index in [9.17, 15) is 0 Å². The molecule has 0 saturated carbocycles. The average molecular weight is 199 g/mol. The van der Waals surface area contributed by atoms with Crippen LogP contribution in [0, 0.1) is 0 Å². The molecule has 1 N–H and O–H groups in total. The first kappa shape index (κ1) is 8.60. The second-order valence-electron chi connectivity index (χ2n) is 3.84. The van der Waals surface area contributed by atoms with Gasteiger partial charge in [0, 0.05) is 17.8 Å². The fourth-order valence-electron chi connectivity index (χ4n) is 2.17. The van der Waals surface area contributed by atoms with Crippen molar-refractivity contribution in [3.05, 3.63) is 42.2 Å². The Kier molecular flexibility index (Phi) is 1.98. The number of benzene rings is 1. The molecule has 1 aromatic heterocycles. The molecule has 0 spiro atoms. The van der Waals surface area contributed by atoms with Crippen LogP contribution in [0.15, 0.2) is 41.0 Å². The highest BCUT2D eigenvalue weighted by molar-refractivity contribution is 5.71. The van der Waals surface area contributed by atoms with Gasteiger partial charge in [-0.1, -0.05) is 12.1 Å². The first-order valence-corrected chi connectivity index (χ1v) is 5.35. The highest BCUT2D eigenvalue weighted by Gasteiger charge is 2.14. The van der Waals surface area contributed by atoms with Gasteiger partial charge >= 0.3 is 0 Å². The van der Waals surface area contributed by atoms with Crippen LogP contribution in [0.4, 0.5) is 5.69 Å². The Balaban J connectivity index is 2.15. The van der Waals surface area contributed by atoms with Gasteiger partial charge in [0.15, 0.2) is 0 Å². The standard InChI is InChI=1S/C13H13NO/c1-4-11(13-7-3-9-15-13)10-5-2-8-14-12(10)6-1/h1,3-4,6-7,9,14H,2,5,8H2. The van der Waals surface area contributed by atoms with E-state index >= 15 is 0 Å². The third-order valence-electron chi connectivity index (χ3n) is 2.88. The number of furan rings is 1. The molecule has 2 nitrogen and oxygen atoms in total. The first-order chi connectivity index (χ1) is 7.45. The molecule has 0 atom stereocenters. The Labute approximate surface area is 88.9 Å². The van der Waals surface area contributed by atoms with Gasteiger partial charge in [-0.2, -0.15) is 0 Å². The fraction of sp³-hybridized carbons (Fsp3) is 0.231. The normalized spacial score (nSPS) is 14.4. The monoisotopic (exact) mass is 199 g/mol. The van der Waals surface area contributed by atoms with E-state index in [0.717, 1.165) is 18.7 Å². The Morgan fingerprint density at radius 3 is 3.00 bits per heavy atom. The summed E-state index contributed by atoms with van der Waals surface area (Å²) in [6.45, 7) is 1.08. The van der Waals surface area contributed by atoms with Gasteiger partial charge in [-0.05, 0) is 36.6 Å². The molecule has 0 unspecified atom stereocenters. The van der Waals surface area contributed by atoms with Gasteiger partial charge < -0.3 is 9.73 Å². The number of nitrogens with one attached hydrogen (secondary N) is 1. The molecule has 1 aromatic carbocycles. The second kappa shape index (κ2) is 3.46. The molecule has 0 radical (unpaired) electrons. The van der Waals surface area contributed by atoms with Crippen LogP contribution < -0.4 is 5.32 Å². The number of hydrogen-bond acceptors (Lipinski definition) is 2. The molecular formula is C13H13NO. The zero-order valence-corrected chi connectivity index (χ0v) is 8.49. The van der Waals surface area contributed by atoms with Crippen LogP contribution in [-0.4, -0.2) is 6.54 Å². The van der Waals surface area contributed by atoms with Crippen LogP contribution in [0.25, 0.3) is 11.3 Å². The van der Waals surface area contributed by atoms with Crippen LogP contribution in [0.2, 0.25) is 0 Å². The van der Waals surface area contributed by atoms with E-state index in [1.165, 1.54) is 23.2 Å². The van der Waals surface area contributed by atoms with Crippen molar-refractivity contribution in [1.82, 2.24) is 0 Å². The van der Waals surface area contributed by atoms with Crippen LogP contribution in [0.5, 0.6) is 0 Å². The Morgan fingerprint density at radius 2 is 2.13 bits per heavy atom. The molecule has 15 heavy (non-hydrogen) atoms. The molecule has 76 valence electrons. The topological polar surface area (TPSA) is 25.2 Å². The highest BCUT2D eigenvalue weighted by atomic mass is 16.3. The van der Waals surface area contributed by atoms with E-state index in [-0.39, 0.29) is 0 Å². The van der Waals surface area contributed by atoms with Crippen molar-refractivity contribution in [1.29, 1.82) is 0 Å². The maximum Gasteiger partial charge on any atom is 0.134 e. The predicted octanol–water partition coefficient (Wildman–Crippen LogP) is 3.30. The molecule has 0 amide bonds. The Hall–Kier alpha value is -1.70. The van der Waals surface area contributed by atoms with Crippen molar-refractivity contribution in [2.24, 2.45) is 0 Å². The van der Waals surface area contributed by atoms with E-state index in [1.807, 2.05) is 12.1 Å². The molecule has 3 rings (SSSR count). The van der Waals surface area contributed by atoms with E-state index in [0.29, 0.717) is 0 Å². The van der Waals surface area contributed by atoms with Crippen LogP contribution in [0.3, 0.4) is 0 Å². The van der Waals surface area contributed by atoms with Crippen molar-refractivity contribution < 1.29 is 4.42 Å². The molecule has 0 bridgehead atoms. The molecule has 1 aliphatic heterocycles. The lowest BCUT2D eigenvalue weighted by atomic mass is 9.96. The lowest BCUT2D eigenvalue weighted by Crippen LogP contribution is -2.12. The largest absolute Gasteiger partial charge is 0.464 e. The van der Waals surface area contributed by atoms with Gasteiger partial charge in [-0.3, -0.25) is 0 Å². The average Bonchev–Trinajstić information content (AvgIpc) is 2.82. The highest BCUT2D eigenvalue weighted by Crippen LogP contribution is 2.32. The molecule has 1 aliphatic rings. The zero-order chi connectivity index (χ0) is 10.1. The second-order valence-corrected chi connectivity index (χ2v) is 3.84. The summed E-state index contributed by atoms with van der Waals surface area (Å²) in [5.74, 6) is 0.968. The Morgan fingerprint density at radius 1 is 1.13 bits per heavy atom. The van der Waals surface area contributed by atoms with E-state index in [2.05, 4.69) is 23.5 Å². The summed E-state index contributed by atoms with van der Waals surface area (Å²) in [5, 5.41) is 3.42. The van der Waals surface area contributed by atoms with Crippen LogP contribution in [0.1, 0.15) is 12.0 Å². The number of anilines is 1. The van der Waals surface area contributed by atoms with Crippen molar-refractivity contribution in [3.63, 3.8) is 0 Å². The summed E-state index contributed by atoms with van der Waals surface area (Å²) in [7, 11) is 0. The Bertz CT molecular complexity index is 459. The summed E-state index contributed by atoms with van der Waals surface area (Å²) in [6.07, 6.45) is 4.06. The van der Waals surface area contributed by atoms with Crippen molar-refractivity contribution in [2.75, 3.05) is 11.9 Å². The van der Waals surface area contributed by atoms with Gasteiger partial charge in [0.2, 0.25) is 0 Å². The predicted molar refractivity (Wildman–Crippen MR) is 61.0 cm³/mol. The zero-order valence-electron chi connectivity index (χ0n) is 8.49. The van der Waals surface area contributed by atoms with Crippen LogP contribution >= 0.6 is 0 Å². The smallest absolute Gasteiger partial charge is 0.134 e. The SMILES string of the molecule is c1coc(-c2cccc3c2CCCN3)c1. The third kappa shape index (κ3) is 1.42. The van der Waals surface area contributed by atoms with E-state index < -0.39 is 0 Å². The van der Waals surface area contributed by atoms with Crippen molar-refractivity contribution >= 4 is 5.69 Å². The summed E-state index contributed by atoms with van der Waals surface area (Å²) in [6, 6.07) is 10.3. The molecule has 0 fully saturated rings. The maximum atomic E-state index is 5.46. The van der Waals surface area contributed by atoms with Gasteiger partial charge in [-0.25, -0.2) is 0 Å². The molecular weight excluding hydrogens is 186 g/mol. The molecule has 0 saturated heterocycles. The minimum absolute atomic E-state index is 0.968. The maximum absolute atomic E-state index is 5.46. The van der Waals surface area contributed by atoms with E-state index in [1.54, 1.807) is 6.26 Å². The fourth-order valence-corrected chi connectivity index (χ4v) is 2.17. The van der Waals surface area contributed by atoms with Gasteiger partial charge in [0.1, 0.15) is 5.76 Å². The third-order valence-corrected chi connectivity index (χ3v) is 2.88. The summed E-state index contributed by atoms with van der Waals surface area (Å²) >= 11 is 0. The molecule has 2 heterocycles. The molecule has 0 aliphatic carbocycles. The van der Waals surface area contributed by atoms with E-state index in [4.69, 9.17) is 4.42 Å². The summed E-state index contributed by atoms with van der Waals surface area (Å²) in [4.78, 5) is 0. The first-order valence-electron chi connectivity index (χ1n) is 5.35. The van der Waals surface area contributed by atoms with Gasteiger partial charge in [0.25, 0.3) is 0 Å². The minimum Gasteiger partial charge on any atom is -0.464 e. The number of hydrogen-bond donors (Lipinski definition) is 1. The van der Waals surface area contributed by atoms with Crippen LogP contribution in [-0.2, 0) is 6.42 Å². The van der Waals surface area contributed by atoms with Gasteiger partial charge in [-0.15, -0.1) is 0 Å². The lowest BCUT2D eigenvalue weighted by molar-refractivity contribution is 0.581. The van der Waals surface area contributed by atoms with Crippen molar-refractivity contribution in [2.45, 2.75) is 12.8 Å². The van der Waals surface area contributed by atoms with Crippen molar-refractivity contribution in [3.8, 4) is 11.3 Å². The minimum atomic E-state index is 0.968. The number of rotatable bonds is 1. The quantitative estimate of drug-likeness (QED) is 0.762. The lowest BCUT2D eigenvalue weighted by Gasteiger charge is -2.20.